The van der Waals surface area contributed by atoms with E-state index in [4.69, 9.17) is 9.26 Å². The van der Waals surface area contributed by atoms with Crippen LogP contribution in [0.2, 0.25) is 0 Å². The quantitative estimate of drug-likeness (QED) is 0.484. The third kappa shape index (κ3) is 4.24. The maximum Gasteiger partial charge on any atom is 0.316 e. The van der Waals surface area contributed by atoms with E-state index in [2.05, 4.69) is 16.2 Å². The molecule has 24 heavy (non-hydrogen) atoms. The second-order valence-corrected chi connectivity index (χ2v) is 7.17. The molecule has 0 aliphatic heterocycles. The minimum absolute atomic E-state index is 0.00928. The van der Waals surface area contributed by atoms with Crippen molar-refractivity contribution >= 4 is 29.1 Å². The van der Waals surface area contributed by atoms with E-state index >= 15 is 0 Å². The summed E-state index contributed by atoms with van der Waals surface area (Å²) < 4.78 is 10.3. The fourth-order valence-electron chi connectivity index (χ4n) is 2.10. The number of esters is 1. The van der Waals surface area contributed by atoms with Crippen molar-refractivity contribution in [3.05, 3.63) is 52.7 Å². The van der Waals surface area contributed by atoms with Gasteiger partial charge in [-0.05, 0) is 36.9 Å². The summed E-state index contributed by atoms with van der Waals surface area (Å²) in [5.74, 6) is 0.746. The lowest BCUT2D eigenvalue weighted by atomic mass is 10.2. The van der Waals surface area contributed by atoms with Crippen molar-refractivity contribution in [1.29, 1.82) is 0 Å². The Labute approximate surface area is 148 Å². The summed E-state index contributed by atoms with van der Waals surface area (Å²) in [5.41, 5.74) is 2.36. The maximum atomic E-state index is 11.9. The third-order valence-corrected chi connectivity index (χ3v) is 5.26. The third-order valence-electron chi connectivity index (χ3n) is 3.24. The van der Waals surface area contributed by atoms with Gasteiger partial charge in [0.25, 0.3) is 5.89 Å². The number of carbonyl (C=O) groups is 1. The molecule has 0 atom stereocenters. The fraction of sp³-hybridized carbons (Fsp3) is 0.235. The van der Waals surface area contributed by atoms with E-state index in [1.807, 2.05) is 43.5 Å². The van der Waals surface area contributed by atoms with Gasteiger partial charge in [0.2, 0.25) is 5.82 Å². The van der Waals surface area contributed by atoms with Crippen LogP contribution in [0.4, 0.5) is 0 Å². The van der Waals surface area contributed by atoms with Gasteiger partial charge in [-0.15, -0.1) is 23.1 Å². The second kappa shape index (κ2) is 7.63. The monoisotopic (exact) mass is 360 g/mol. The van der Waals surface area contributed by atoms with E-state index in [0.717, 1.165) is 15.3 Å². The van der Waals surface area contributed by atoms with Crippen molar-refractivity contribution in [3.8, 4) is 10.7 Å². The Balaban J connectivity index is 1.49. The number of thioether (sulfide) groups is 1. The molecule has 0 aliphatic rings. The minimum atomic E-state index is -0.309. The molecule has 2 aromatic heterocycles. The number of thiophene rings is 1. The summed E-state index contributed by atoms with van der Waals surface area (Å²) in [4.78, 5) is 18.1. The summed E-state index contributed by atoms with van der Waals surface area (Å²) in [7, 11) is 0. The molecule has 0 N–H and O–H groups in total. The van der Waals surface area contributed by atoms with Gasteiger partial charge in [0.1, 0.15) is 0 Å². The van der Waals surface area contributed by atoms with Crippen molar-refractivity contribution in [3.63, 3.8) is 0 Å². The van der Waals surface area contributed by atoms with E-state index < -0.39 is 0 Å². The lowest BCUT2D eigenvalue weighted by Crippen LogP contribution is -2.07. The smallest absolute Gasteiger partial charge is 0.316 e. The number of nitrogens with zero attached hydrogens (tertiary/aromatic N) is 2. The van der Waals surface area contributed by atoms with Crippen LogP contribution in [-0.4, -0.2) is 21.9 Å². The number of hydrogen-bond donors (Lipinski definition) is 0. The highest BCUT2D eigenvalue weighted by Crippen LogP contribution is 2.24. The van der Waals surface area contributed by atoms with E-state index in [-0.39, 0.29) is 18.3 Å². The van der Waals surface area contributed by atoms with Crippen molar-refractivity contribution in [2.75, 3.05) is 5.75 Å². The molecule has 0 fully saturated rings. The molecule has 0 unspecified atom stereocenters. The van der Waals surface area contributed by atoms with Gasteiger partial charge in [-0.3, -0.25) is 4.79 Å². The standard InChI is InChI=1S/C17H16N2O3S2/c1-11-5-6-13(12(2)8-11)24-10-16(20)21-9-15-18-17(19-22-15)14-4-3-7-23-14/h3-8H,9-10H2,1-2H3. The molecule has 0 spiro atoms. The predicted octanol–water partition coefficient (Wildman–Crippen LogP) is 4.25. The van der Waals surface area contributed by atoms with Gasteiger partial charge in [0.05, 0.1) is 10.6 Å². The first-order valence-corrected chi connectivity index (χ1v) is 9.20. The molecule has 0 aliphatic carbocycles. The number of ether oxygens (including phenoxy) is 1. The molecular weight excluding hydrogens is 344 g/mol. The molecule has 5 nitrogen and oxygen atoms in total. The Morgan fingerprint density at radius 2 is 2.21 bits per heavy atom. The van der Waals surface area contributed by atoms with Crippen LogP contribution < -0.4 is 0 Å². The van der Waals surface area contributed by atoms with E-state index in [9.17, 15) is 4.79 Å². The summed E-state index contributed by atoms with van der Waals surface area (Å²) in [6, 6.07) is 9.98. The Kier molecular flexibility index (Phi) is 5.32. The Hall–Kier alpha value is -2.12. The zero-order chi connectivity index (χ0) is 16.9. The molecular formula is C17H16N2O3S2. The highest BCUT2D eigenvalue weighted by Gasteiger charge is 2.12. The Morgan fingerprint density at radius 3 is 2.96 bits per heavy atom. The van der Waals surface area contributed by atoms with Crippen molar-refractivity contribution in [2.24, 2.45) is 0 Å². The largest absolute Gasteiger partial charge is 0.455 e. The first kappa shape index (κ1) is 16.7. The number of benzene rings is 1. The van der Waals surface area contributed by atoms with Crippen molar-refractivity contribution in [2.45, 2.75) is 25.3 Å². The number of aryl methyl sites for hydroxylation is 2. The average molecular weight is 360 g/mol. The summed E-state index contributed by atoms with van der Waals surface area (Å²) >= 11 is 2.99. The number of aromatic nitrogens is 2. The zero-order valence-corrected chi connectivity index (χ0v) is 14.9. The normalized spacial score (nSPS) is 10.8. The SMILES string of the molecule is Cc1ccc(SCC(=O)OCc2nc(-c3cccs3)no2)c(C)c1. The van der Waals surface area contributed by atoms with Crippen LogP contribution in [0.25, 0.3) is 10.7 Å². The maximum absolute atomic E-state index is 11.9. The Morgan fingerprint density at radius 1 is 1.33 bits per heavy atom. The zero-order valence-electron chi connectivity index (χ0n) is 13.3. The number of hydrogen-bond acceptors (Lipinski definition) is 7. The number of carbonyl (C=O) groups excluding carboxylic acids is 1. The first-order valence-electron chi connectivity index (χ1n) is 7.34. The summed E-state index contributed by atoms with van der Waals surface area (Å²) in [5, 5.41) is 5.82. The molecule has 0 saturated heterocycles. The van der Waals surface area contributed by atoms with Crippen LogP contribution in [0.15, 0.2) is 45.1 Å². The molecule has 0 radical (unpaired) electrons. The highest BCUT2D eigenvalue weighted by molar-refractivity contribution is 8.00. The van der Waals surface area contributed by atoms with E-state index in [0.29, 0.717) is 11.7 Å². The summed E-state index contributed by atoms with van der Waals surface area (Å²) in [6.45, 7) is 4.07. The van der Waals surface area contributed by atoms with E-state index in [1.165, 1.54) is 28.7 Å². The molecule has 0 bridgehead atoms. The molecule has 1 aromatic carbocycles. The first-order chi connectivity index (χ1) is 11.6. The predicted molar refractivity (Wildman–Crippen MR) is 94.0 cm³/mol. The Bertz CT molecular complexity index is 828. The van der Waals surface area contributed by atoms with Crippen LogP contribution >= 0.6 is 23.1 Å². The minimum Gasteiger partial charge on any atom is -0.455 e. The molecule has 7 heteroatoms. The molecule has 3 aromatic rings. The number of rotatable bonds is 6. The highest BCUT2D eigenvalue weighted by atomic mass is 32.2. The molecule has 0 amide bonds. The second-order valence-electron chi connectivity index (χ2n) is 5.21. The molecule has 2 heterocycles. The van der Waals surface area contributed by atoms with Gasteiger partial charge in [-0.1, -0.05) is 28.9 Å². The van der Waals surface area contributed by atoms with Gasteiger partial charge in [-0.2, -0.15) is 4.98 Å². The molecule has 3 rings (SSSR count). The van der Waals surface area contributed by atoms with Crippen LogP contribution in [-0.2, 0) is 16.1 Å². The van der Waals surface area contributed by atoms with Crippen LogP contribution in [0.3, 0.4) is 0 Å². The van der Waals surface area contributed by atoms with Crippen molar-refractivity contribution in [1.82, 2.24) is 10.1 Å². The lowest BCUT2D eigenvalue weighted by molar-refractivity contribution is -0.142. The molecule has 124 valence electrons. The lowest BCUT2D eigenvalue weighted by Gasteiger charge is -2.06. The van der Waals surface area contributed by atoms with Crippen LogP contribution in [0, 0.1) is 13.8 Å². The fourth-order valence-corrected chi connectivity index (χ4v) is 3.56. The van der Waals surface area contributed by atoms with Gasteiger partial charge < -0.3 is 9.26 Å². The van der Waals surface area contributed by atoms with Gasteiger partial charge in [0.15, 0.2) is 6.61 Å². The van der Waals surface area contributed by atoms with Gasteiger partial charge in [-0.25, -0.2) is 0 Å². The van der Waals surface area contributed by atoms with Gasteiger partial charge >= 0.3 is 5.97 Å². The van der Waals surface area contributed by atoms with Gasteiger partial charge in [0, 0.05) is 4.90 Å². The van der Waals surface area contributed by atoms with E-state index in [1.54, 1.807) is 0 Å². The van der Waals surface area contributed by atoms with Crippen LogP contribution in [0.1, 0.15) is 17.0 Å². The van der Waals surface area contributed by atoms with Crippen LogP contribution in [0.5, 0.6) is 0 Å². The molecule has 0 saturated carbocycles. The summed E-state index contributed by atoms with van der Waals surface area (Å²) in [6.07, 6.45) is 0. The average Bonchev–Trinajstić information content (AvgIpc) is 3.23. The van der Waals surface area contributed by atoms with Crippen molar-refractivity contribution < 1.29 is 14.1 Å². The topological polar surface area (TPSA) is 65.2 Å².